The SMILES string of the molecule is O=c1c(-c2ccc(OC(F)F)cc2)c2nc(NCC(F)(F)F)ncc2cn1-c1ccc2nn(C3CC3)cc2c1. The molecule has 3 aromatic heterocycles. The molecule has 1 aliphatic rings. The van der Waals surface area contributed by atoms with Gasteiger partial charge in [0.05, 0.1) is 22.6 Å². The summed E-state index contributed by atoms with van der Waals surface area (Å²) >= 11 is 0. The van der Waals surface area contributed by atoms with E-state index in [2.05, 4.69) is 25.1 Å². The van der Waals surface area contributed by atoms with Crippen molar-refractivity contribution in [2.75, 3.05) is 11.9 Å². The van der Waals surface area contributed by atoms with Gasteiger partial charge in [-0.25, -0.2) is 9.97 Å². The van der Waals surface area contributed by atoms with Crippen molar-refractivity contribution in [1.82, 2.24) is 24.3 Å². The molecule has 6 rings (SSSR count). The van der Waals surface area contributed by atoms with Gasteiger partial charge < -0.3 is 10.1 Å². The first kappa shape index (κ1) is 24.8. The first-order valence-electron chi connectivity index (χ1n) is 11.9. The molecule has 0 bridgehead atoms. The van der Waals surface area contributed by atoms with Gasteiger partial charge in [0, 0.05) is 35.1 Å². The molecule has 1 N–H and O–H groups in total. The van der Waals surface area contributed by atoms with Crippen LogP contribution in [0.15, 0.2) is 65.8 Å². The number of halogens is 5. The summed E-state index contributed by atoms with van der Waals surface area (Å²) in [5, 5.41) is 7.91. The highest BCUT2D eigenvalue weighted by molar-refractivity contribution is 5.93. The second kappa shape index (κ2) is 9.33. The van der Waals surface area contributed by atoms with Gasteiger partial charge in [-0.1, -0.05) is 12.1 Å². The van der Waals surface area contributed by atoms with Crippen LogP contribution in [0.3, 0.4) is 0 Å². The molecule has 1 saturated carbocycles. The fourth-order valence-corrected chi connectivity index (χ4v) is 4.33. The number of hydrogen-bond acceptors (Lipinski definition) is 6. The van der Waals surface area contributed by atoms with Crippen molar-refractivity contribution >= 4 is 27.8 Å². The number of aromatic nitrogens is 5. The maximum Gasteiger partial charge on any atom is 0.405 e. The van der Waals surface area contributed by atoms with Crippen molar-refractivity contribution < 1.29 is 26.7 Å². The van der Waals surface area contributed by atoms with E-state index in [1.54, 1.807) is 12.1 Å². The van der Waals surface area contributed by atoms with E-state index >= 15 is 0 Å². The number of benzene rings is 2. The highest BCUT2D eigenvalue weighted by Crippen LogP contribution is 2.35. The lowest BCUT2D eigenvalue weighted by atomic mass is 10.0. The Kier molecular flexibility index (Phi) is 5.92. The molecule has 39 heavy (non-hydrogen) atoms. The van der Waals surface area contributed by atoms with Crippen molar-refractivity contribution in [3.63, 3.8) is 0 Å². The molecular weight excluding hydrogens is 523 g/mol. The van der Waals surface area contributed by atoms with E-state index in [0.29, 0.717) is 22.7 Å². The zero-order valence-corrected chi connectivity index (χ0v) is 20.0. The van der Waals surface area contributed by atoms with Crippen LogP contribution in [0, 0.1) is 0 Å². The summed E-state index contributed by atoms with van der Waals surface area (Å²) < 4.78 is 71.2. The van der Waals surface area contributed by atoms with Crippen LogP contribution in [0.2, 0.25) is 0 Å². The van der Waals surface area contributed by atoms with E-state index in [4.69, 9.17) is 0 Å². The lowest BCUT2D eigenvalue weighted by Crippen LogP contribution is -2.23. The first-order valence-corrected chi connectivity index (χ1v) is 11.9. The van der Waals surface area contributed by atoms with E-state index in [1.165, 1.54) is 41.2 Å². The Morgan fingerprint density at radius 2 is 1.82 bits per heavy atom. The standard InChI is InChI=1S/C26H19F5N6O2/c27-24(28)39-19-6-1-14(2-7-19)21-22-16(10-32-25(34-22)33-13-26(29,30)31)11-36(23(21)38)18-5-8-20-15(9-18)12-37(35-20)17-3-4-17/h1-2,5-12,17,24H,3-4,13H2,(H,33,34). The van der Waals surface area contributed by atoms with Gasteiger partial charge in [-0.15, -0.1) is 0 Å². The maximum absolute atomic E-state index is 13.9. The summed E-state index contributed by atoms with van der Waals surface area (Å²) in [6.07, 6.45) is 2.38. The van der Waals surface area contributed by atoms with Crippen molar-refractivity contribution in [3.8, 4) is 22.6 Å². The molecule has 0 atom stereocenters. The van der Waals surface area contributed by atoms with Crippen LogP contribution in [0.4, 0.5) is 27.9 Å². The van der Waals surface area contributed by atoms with E-state index in [-0.39, 0.29) is 22.8 Å². The maximum atomic E-state index is 13.9. The Morgan fingerprint density at radius 3 is 2.51 bits per heavy atom. The van der Waals surface area contributed by atoms with Gasteiger partial charge in [0.2, 0.25) is 5.95 Å². The smallest absolute Gasteiger partial charge is 0.405 e. The third-order valence-corrected chi connectivity index (χ3v) is 6.27. The Balaban J connectivity index is 1.50. The summed E-state index contributed by atoms with van der Waals surface area (Å²) in [6, 6.07) is 11.1. The number of alkyl halides is 5. The number of nitrogens with one attached hydrogen (secondary N) is 1. The molecular formula is C26H19F5N6O2. The van der Waals surface area contributed by atoms with E-state index in [9.17, 15) is 26.7 Å². The minimum absolute atomic E-state index is 0.0577. The second-order valence-corrected chi connectivity index (χ2v) is 9.13. The number of fused-ring (bicyclic) bond motifs is 2. The summed E-state index contributed by atoms with van der Waals surface area (Å²) in [7, 11) is 0. The molecule has 1 aliphatic carbocycles. The third-order valence-electron chi connectivity index (χ3n) is 6.27. The van der Waals surface area contributed by atoms with Crippen LogP contribution in [0.1, 0.15) is 18.9 Å². The molecule has 200 valence electrons. The molecule has 0 amide bonds. The van der Waals surface area contributed by atoms with E-state index in [1.807, 2.05) is 16.9 Å². The van der Waals surface area contributed by atoms with E-state index < -0.39 is 24.9 Å². The normalized spacial score (nSPS) is 13.9. The summed E-state index contributed by atoms with van der Waals surface area (Å²) in [4.78, 5) is 22.0. The number of nitrogens with zero attached hydrogens (tertiary/aromatic N) is 5. The average molecular weight is 542 g/mol. The van der Waals surface area contributed by atoms with Crippen molar-refractivity contribution in [3.05, 3.63) is 71.4 Å². The lowest BCUT2D eigenvalue weighted by Gasteiger charge is -2.14. The Hall–Kier alpha value is -4.55. The first-order chi connectivity index (χ1) is 18.6. The molecule has 3 heterocycles. The number of pyridine rings is 1. The summed E-state index contributed by atoms with van der Waals surface area (Å²) in [6.45, 7) is -4.39. The molecule has 13 heteroatoms. The molecule has 0 aliphatic heterocycles. The summed E-state index contributed by atoms with van der Waals surface area (Å²) in [5.74, 6) is -0.431. The number of anilines is 1. The van der Waals surface area contributed by atoms with Crippen LogP contribution >= 0.6 is 0 Å². The molecule has 0 radical (unpaired) electrons. The largest absolute Gasteiger partial charge is 0.435 e. The van der Waals surface area contributed by atoms with Gasteiger partial charge in [-0.2, -0.15) is 27.1 Å². The van der Waals surface area contributed by atoms with Crippen LogP contribution in [-0.4, -0.2) is 43.6 Å². The highest BCUT2D eigenvalue weighted by Gasteiger charge is 2.27. The molecule has 8 nitrogen and oxygen atoms in total. The molecule has 2 aromatic carbocycles. The van der Waals surface area contributed by atoms with Gasteiger partial charge in [0.15, 0.2) is 0 Å². The van der Waals surface area contributed by atoms with Crippen molar-refractivity contribution in [2.45, 2.75) is 31.7 Å². The van der Waals surface area contributed by atoms with Gasteiger partial charge in [0.1, 0.15) is 12.3 Å². The minimum atomic E-state index is -4.50. The molecule has 0 saturated heterocycles. The molecule has 0 spiro atoms. The summed E-state index contributed by atoms with van der Waals surface area (Å²) in [5.41, 5.74) is 1.26. The predicted octanol–water partition coefficient (Wildman–Crippen LogP) is 5.71. The fraction of sp³-hybridized carbons (Fsp3) is 0.231. The number of ether oxygens (including phenoxy) is 1. The lowest BCUT2D eigenvalue weighted by molar-refractivity contribution is -0.115. The average Bonchev–Trinajstić information content (AvgIpc) is 3.65. The van der Waals surface area contributed by atoms with Crippen LogP contribution < -0.4 is 15.6 Å². The van der Waals surface area contributed by atoms with Gasteiger partial charge in [-0.3, -0.25) is 14.0 Å². The zero-order valence-electron chi connectivity index (χ0n) is 20.0. The number of rotatable bonds is 7. The molecule has 1 fully saturated rings. The zero-order chi connectivity index (χ0) is 27.3. The third kappa shape index (κ3) is 5.11. The fourth-order valence-electron chi connectivity index (χ4n) is 4.33. The minimum Gasteiger partial charge on any atom is -0.435 e. The Morgan fingerprint density at radius 1 is 1.05 bits per heavy atom. The quantitative estimate of drug-likeness (QED) is 0.265. The Bertz CT molecular complexity index is 1740. The Labute approximate surface area is 216 Å². The van der Waals surface area contributed by atoms with Crippen LogP contribution in [-0.2, 0) is 0 Å². The molecule has 5 aromatic rings. The van der Waals surface area contributed by atoms with E-state index in [0.717, 1.165) is 23.7 Å². The topological polar surface area (TPSA) is 86.9 Å². The van der Waals surface area contributed by atoms with Crippen molar-refractivity contribution in [2.24, 2.45) is 0 Å². The van der Waals surface area contributed by atoms with Crippen molar-refractivity contribution in [1.29, 1.82) is 0 Å². The van der Waals surface area contributed by atoms with Gasteiger partial charge in [0.25, 0.3) is 5.56 Å². The highest BCUT2D eigenvalue weighted by atomic mass is 19.4. The van der Waals surface area contributed by atoms with Gasteiger partial charge >= 0.3 is 12.8 Å². The second-order valence-electron chi connectivity index (χ2n) is 9.13. The predicted molar refractivity (Wildman–Crippen MR) is 133 cm³/mol. The van der Waals surface area contributed by atoms with Gasteiger partial charge in [-0.05, 0) is 48.7 Å². The monoisotopic (exact) mass is 542 g/mol. The van der Waals surface area contributed by atoms with Crippen LogP contribution in [0.25, 0.3) is 38.6 Å². The number of hydrogen-bond donors (Lipinski definition) is 1. The molecule has 0 unspecified atom stereocenters. The van der Waals surface area contributed by atoms with Crippen LogP contribution in [0.5, 0.6) is 5.75 Å².